The number of rotatable bonds is 4. The number of aliphatic hydroxyl groups excluding tert-OH is 1. The van der Waals surface area contributed by atoms with Crippen LogP contribution >= 0.6 is 11.6 Å². The maximum absolute atomic E-state index is 13.3. The Hall–Kier alpha value is -2.16. The molecule has 2 rings (SSSR count). The fourth-order valence-corrected chi connectivity index (χ4v) is 1.73. The summed E-state index contributed by atoms with van der Waals surface area (Å²) in [5.41, 5.74) is 1.41. The van der Waals surface area contributed by atoms with Crippen LogP contribution in [0, 0.1) is 17.1 Å². The summed E-state index contributed by atoms with van der Waals surface area (Å²) in [5.74, 6) is -0.566. The first-order valence-electron chi connectivity index (χ1n) is 5.83. The lowest BCUT2D eigenvalue weighted by molar-refractivity contribution is 0.191. The average Bonchev–Trinajstić information content (AvgIpc) is 2.48. The lowest BCUT2D eigenvalue weighted by Gasteiger charge is -2.13. The smallest absolute Gasteiger partial charge is 0.142 e. The molecule has 0 amide bonds. The van der Waals surface area contributed by atoms with Crippen LogP contribution in [-0.4, -0.2) is 16.6 Å². The van der Waals surface area contributed by atoms with Gasteiger partial charge >= 0.3 is 0 Å². The fourth-order valence-electron chi connectivity index (χ4n) is 1.62. The van der Waals surface area contributed by atoms with Gasteiger partial charge in [0.05, 0.1) is 23.0 Å². The third kappa shape index (κ3) is 3.44. The van der Waals surface area contributed by atoms with Crippen molar-refractivity contribution in [3.63, 3.8) is 0 Å². The molecular formula is C14H11ClFN3O. The van der Waals surface area contributed by atoms with Crippen LogP contribution in [0.4, 0.5) is 10.1 Å². The number of halogens is 2. The van der Waals surface area contributed by atoms with Crippen molar-refractivity contribution in [3.05, 3.63) is 58.6 Å². The van der Waals surface area contributed by atoms with Crippen LogP contribution in [0.3, 0.4) is 0 Å². The Morgan fingerprint density at radius 3 is 2.80 bits per heavy atom. The van der Waals surface area contributed by atoms with Crippen LogP contribution in [0.5, 0.6) is 0 Å². The van der Waals surface area contributed by atoms with E-state index >= 15 is 0 Å². The molecule has 1 aromatic heterocycles. The van der Waals surface area contributed by atoms with E-state index in [0.717, 1.165) is 0 Å². The molecule has 1 atom stereocenters. The molecule has 0 saturated heterocycles. The number of nitriles is 1. The number of aliphatic hydroxyl groups is 1. The predicted molar refractivity (Wildman–Crippen MR) is 73.8 cm³/mol. The fraction of sp³-hybridized carbons (Fsp3) is 0.143. The zero-order chi connectivity index (χ0) is 14.5. The lowest BCUT2D eigenvalue weighted by atomic mass is 10.1. The van der Waals surface area contributed by atoms with Crippen molar-refractivity contribution in [2.45, 2.75) is 6.10 Å². The molecule has 1 aromatic carbocycles. The normalized spacial score (nSPS) is 11.7. The summed E-state index contributed by atoms with van der Waals surface area (Å²) >= 11 is 5.58. The molecule has 1 heterocycles. The van der Waals surface area contributed by atoms with Crippen molar-refractivity contribution in [2.75, 3.05) is 11.9 Å². The second-order valence-electron chi connectivity index (χ2n) is 4.11. The Morgan fingerprint density at radius 2 is 2.20 bits per heavy atom. The van der Waals surface area contributed by atoms with E-state index in [1.54, 1.807) is 18.2 Å². The van der Waals surface area contributed by atoms with Gasteiger partial charge in [0.25, 0.3) is 0 Å². The molecule has 2 N–H and O–H groups in total. The van der Waals surface area contributed by atoms with Crippen molar-refractivity contribution >= 4 is 17.3 Å². The summed E-state index contributed by atoms with van der Waals surface area (Å²) in [5, 5.41) is 21.5. The maximum Gasteiger partial charge on any atom is 0.142 e. The minimum atomic E-state index is -0.877. The number of aromatic nitrogens is 1. The van der Waals surface area contributed by atoms with Crippen LogP contribution in [0.15, 0.2) is 36.5 Å². The van der Waals surface area contributed by atoms with Crippen LogP contribution < -0.4 is 5.32 Å². The Balaban J connectivity index is 1.99. The monoisotopic (exact) mass is 291 g/mol. The van der Waals surface area contributed by atoms with Gasteiger partial charge in [-0.05, 0) is 29.8 Å². The van der Waals surface area contributed by atoms with Gasteiger partial charge in [-0.15, -0.1) is 0 Å². The average molecular weight is 292 g/mol. The largest absolute Gasteiger partial charge is 0.387 e. The highest BCUT2D eigenvalue weighted by Crippen LogP contribution is 2.20. The highest BCUT2D eigenvalue weighted by atomic mass is 35.5. The molecule has 0 fully saturated rings. The number of nitrogens with one attached hydrogen (secondary N) is 1. The van der Waals surface area contributed by atoms with E-state index in [2.05, 4.69) is 10.3 Å². The quantitative estimate of drug-likeness (QED) is 0.909. The third-order valence-electron chi connectivity index (χ3n) is 2.71. The molecule has 0 bridgehead atoms. The number of hydrogen-bond acceptors (Lipinski definition) is 4. The number of anilines is 1. The third-order valence-corrected chi connectivity index (χ3v) is 3.01. The van der Waals surface area contributed by atoms with E-state index in [1.165, 1.54) is 18.3 Å². The van der Waals surface area contributed by atoms with Gasteiger partial charge in [-0.2, -0.15) is 5.26 Å². The van der Waals surface area contributed by atoms with Crippen LogP contribution in [0.1, 0.15) is 17.4 Å². The molecular weight excluding hydrogens is 281 g/mol. The second-order valence-corrected chi connectivity index (χ2v) is 4.52. The molecule has 0 unspecified atom stereocenters. The van der Waals surface area contributed by atoms with Crippen molar-refractivity contribution in [3.8, 4) is 6.07 Å². The SMILES string of the molecule is N#Cc1ccc(NC[C@H](O)c2ccc(Cl)c(F)c2)cn1. The van der Waals surface area contributed by atoms with Gasteiger partial charge in [0.2, 0.25) is 0 Å². The number of pyridine rings is 1. The first kappa shape index (κ1) is 14.3. The molecule has 0 saturated carbocycles. The van der Waals surface area contributed by atoms with E-state index in [9.17, 15) is 9.50 Å². The molecule has 0 aliphatic heterocycles. The topological polar surface area (TPSA) is 68.9 Å². The summed E-state index contributed by atoms with van der Waals surface area (Å²) in [6, 6.07) is 9.33. The van der Waals surface area contributed by atoms with Gasteiger partial charge in [0.1, 0.15) is 17.6 Å². The standard InChI is InChI=1S/C14H11ClFN3O/c15-12-4-1-9(5-13(12)16)14(20)8-19-11-3-2-10(6-17)18-7-11/h1-5,7,14,19-20H,8H2/t14-/m0/s1. The Morgan fingerprint density at radius 1 is 1.40 bits per heavy atom. The van der Waals surface area contributed by atoms with Crippen molar-refractivity contribution in [1.82, 2.24) is 4.98 Å². The summed E-state index contributed by atoms with van der Waals surface area (Å²) in [6.45, 7) is 0.189. The van der Waals surface area contributed by atoms with Gasteiger partial charge in [0.15, 0.2) is 0 Å². The lowest BCUT2D eigenvalue weighted by Crippen LogP contribution is -2.12. The number of nitrogens with zero attached hydrogens (tertiary/aromatic N) is 2. The van der Waals surface area contributed by atoms with Crippen LogP contribution in [0.25, 0.3) is 0 Å². The highest BCUT2D eigenvalue weighted by Gasteiger charge is 2.10. The molecule has 2 aromatic rings. The molecule has 20 heavy (non-hydrogen) atoms. The second kappa shape index (κ2) is 6.33. The minimum Gasteiger partial charge on any atom is -0.387 e. The summed E-state index contributed by atoms with van der Waals surface area (Å²) in [6.07, 6.45) is 0.616. The van der Waals surface area contributed by atoms with E-state index in [0.29, 0.717) is 16.9 Å². The zero-order valence-corrected chi connectivity index (χ0v) is 11.1. The summed E-state index contributed by atoms with van der Waals surface area (Å²) < 4.78 is 13.3. The van der Waals surface area contributed by atoms with Gasteiger partial charge < -0.3 is 10.4 Å². The number of hydrogen-bond donors (Lipinski definition) is 2. The molecule has 0 radical (unpaired) electrons. The molecule has 0 aliphatic carbocycles. The zero-order valence-electron chi connectivity index (χ0n) is 10.3. The summed E-state index contributed by atoms with van der Waals surface area (Å²) in [4.78, 5) is 3.89. The van der Waals surface area contributed by atoms with Crippen LogP contribution in [0.2, 0.25) is 5.02 Å². The molecule has 0 spiro atoms. The molecule has 6 heteroatoms. The van der Waals surface area contributed by atoms with Crippen LogP contribution in [-0.2, 0) is 0 Å². The van der Waals surface area contributed by atoms with Crippen molar-refractivity contribution in [2.24, 2.45) is 0 Å². The van der Waals surface area contributed by atoms with Crippen molar-refractivity contribution in [1.29, 1.82) is 5.26 Å². The van der Waals surface area contributed by atoms with E-state index in [4.69, 9.17) is 16.9 Å². The number of benzene rings is 1. The molecule has 4 nitrogen and oxygen atoms in total. The Kier molecular flexibility index (Phi) is 4.51. The van der Waals surface area contributed by atoms with E-state index < -0.39 is 11.9 Å². The highest BCUT2D eigenvalue weighted by molar-refractivity contribution is 6.30. The first-order valence-corrected chi connectivity index (χ1v) is 6.21. The molecule has 102 valence electrons. The van der Waals surface area contributed by atoms with Gasteiger partial charge in [0, 0.05) is 6.54 Å². The Labute approximate surface area is 120 Å². The first-order chi connectivity index (χ1) is 9.60. The van der Waals surface area contributed by atoms with Crippen molar-refractivity contribution < 1.29 is 9.50 Å². The predicted octanol–water partition coefficient (Wildman–Crippen LogP) is 2.89. The van der Waals surface area contributed by atoms with E-state index in [-0.39, 0.29) is 11.6 Å². The van der Waals surface area contributed by atoms with E-state index in [1.807, 2.05) is 6.07 Å². The minimum absolute atomic E-state index is 0.0187. The van der Waals surface area contributed by atoms with Gasteiger partial charge in [-0.1, -0.05) is 17.7 Å². The van der Waals surface area contributed by atoms with Gasteiger partial charge in [-0.25, -0.2) is 9.37 Å². The van der Waals surface area contributed by atoms with Gasteiger partial charge in [-0.3, -0.25) is 0 Å². The Bertz CT molecular complexity index is 640. The maximum atomic E-state index is 13.3. The molecule has 0 aliphatic rings. The summed E-state index contributed by atoms with van der Waals surface area (Å²) in [7, 11) is 0.